The van der Waals surface area contributed by atoms with E-state index in [0.29, 0.717) is 11.9 Å². The first-order valence-electron chi connectivity index (χ1n) is 7.10. The summed E-state index contributed by atoms with van der Waals surface area (Å²) in [5, 5.41) is 19.6. The smallest absolute Gasteiger partial charge is 0.225 e. The molecule has 0 spiro atoms. The molecule has 2 fully saturated rings. The SMILES string of the molecule is OCc1cnc(N2CCC3(O)CCCCC3C2)nc1. The average Bonchev–Trinajstić information content (AvgIpc) is 2.46. The maximum atomic E-state index is 10.6. The molecule has 1 aliphatic carbocycles. The molecule has 19 heavy (non-hydrogen) atoms. The molecule has 2 atom stereocenters. The third-order valence-corrected chi connectivity index (χ3v) is 4.58. The molecule has 3 rings (SSSR count). The molecule has 1 saturated carbocycles. The van der Waals surface area contributed by atoms with Crippen molar-refractivity contribution in [3.63, 3.8) is 0 Å². The molecule has 2 aliphatic rings. The van der Waals surface area contributed by atoms with Crippen LogP contribution in [0.1, 0.15) is 37.7 Å². The number of aromatic nitrogens is 2. The van der Waals surface area contributed by atoms with Crippen molar-refractivity contribution < 1.29 is 10.2 Å². The van der Waals surface area contributed by atoms with Crippen molar-refractivity contribution in [2.75, 3.05) is 18.0 Å². The Labute approximate surface area is 113 Å². The number of hydrogen-bond acceptors (Lipinski definition) is 5. The Morgan fingerprint density at radius 3 is 2.79 bits per heavy atom. The summed E-state index contributed by atoms with van der Waals surface area (Å²) in [6.45, 7) is 1.63. The summed E-state index contributed by atoms with van der Waals surface area (Å²) in [6.07, 6.45) is 8.55. The predicted octanol–water partition coefficient (Wildman–Crippen LogP) is 1.10. The van der Waals surface area contributed by atoms with Gasteiger partial charge < -0.3 is 15.1 Å². The topological polar surface area (TPSA) is 69.5 Å². The van der Waals surface area contributed by atoms with E-state index in [4.69, 9.17) is 5.11 Å². The molecule has 104 valence electrons. The summed E-state index contributed by atoms with van der Waals surface area (Å²) in [7, 11) is 0. The zero-order valence-corrected chi connectivity index (χ0v) is 11.1. The van der Waals surface area contributed by atoms with E-state index in [-0.39, 0.29) is 6.61 Å². The molecule has 1 aromatic heterocycles. The maximum Gasteiger partial charge on any atom is 0.225 e. The molecule has 1 aliphatic heterocycles. The summed E-state index contributed by atoms with van der Waals surface area (Å²) in [5.41, 5.74) is 0.273. The highest BCUT2D eigenvalue weighted by Crippen LogP contribution is 2.40. The monoisotopic (exact) mass is 263 g/mol. The molecule has 2 heterocycles. The van der Waals surface area contributed by atoms with Crippen LogP contribution in [0.25, 0.3) is 0 Å². The number of aliphatic hydroxyl groups is 2. The lowest BCUT2D eigenvalue weighted by atomic mass is 9.71. The number of piperidine rings is 1. The molecule has 1 saturated heterocycles. The Balaban J connectivity index is 1.73. The Bertz CT molecular complexity index is 437. The van der Waals surface area contributed by atoms with Crippen molar-refractivity contribution >= 4 is 5.95 Å². The van der Waals surface area contributed by atoms with Gasteiger partial charge in [0.2, 0.25) is 5.95 Å². The van der Waals surface area contributed by atoms with Crippen LogP contribution in [0.4, 0.5) is 5.95 Å². The second kappa shape index (κ2) is 5.06. The number of anilines is 1. The van der Waals surface area contributed by atoms with E-state index >= 15 is 0 Å². The minimum Gasteiger partial charge on any atom is -0.392 e. The summed E-state index contributed by atoms with van der Waals surface area (Å²) in [6, 6.07) is 0. The molecule has 5 heteroatoms. The largest absolute Gasteiger partial charge is 0.392 e. The molecular weight excluding hydrogens is 242 g/mol. The first-order valence-corrected chi connectivity index (χ1v) is 7.10. The van der Waals surface area contributed by atoms with E-state index < -0.39 is 5.60 Å². The van der Waals surface area contributed by atoms with Crippen molar-refractivity contribution in [3.05, 3.63) is 18.0 Å². The second-order valence-electron chi connectivity index (χ2n) is 5.79. The zero-order chi connectivity index (χ0) is 13.3. The van der Waals surface area contributed by atoms with Crippen LogP contribution in [0.5, 0.6) is 0 Å². The highest BCUT2D eigenvalue weighted by Gasteiger charge is 2.43. The standard InChI is InChI=1S/C14H21N3O2/c18-10-11-7-15-13(16-8-11)17-6-5-14(19)4-2-1-3-12(14)9-17/h7-8,12,18-19H,1-6,9-10H2. The fourth-order valence-electron chi connectivity index (χ4n) is 3.35. The van der Waals surface area contributed by atoms with Gasteiger partial charge in [0.15, 0.2) is 0 Å². The van der Waals surface area contributed by atoms with Crippen LogP contribution < -0.4 is 4.90 Å². The van der Waals surface area contributed by atoms with E-state index in [2.05, 4.69) is 14.9 Å². The Morgan fingerprint density at radius 1 is 1.26 bits per heavy atom. The Kier molecular flexibility index (Phi) is 3.41. The third-order valence-electron chi connectivity index (χ3n) is 4.58. The van der Waals surface area contributed by atoms with Crippen molar-refractivity contribution in [2.45, 2.75) is 44.3 Å². The van der Waals surface area contributed by atoms with Crippen LogP contribution in [0, 0.1) is 5.92 Å². The summed E-state index contributed by atoms with van der Waals surface area (Å²) < 4.78 is 0. The second-order valence-corrected chi connectivity index (χ2v) is 5.79. The maximum absolute atomic E-state index is 10.6. The highest BCUT2D eigenvalue weighted by molar-refractivity contribution is 5.31. The van der Waals surface area contributed by atoms with Crippen molar-refractivity contribution in [3.8, 4) is 0 Å². The first-order chi connectivity index (χ1) is 9.21. The quantitative estimate of drug-likeness (QED) is 0.836. The van der Waals surface area contributed by atoms with E-state index in [1.54, 1.807) is 12.4 Å². The number of hydrogen-bond donors (Lipinski definition) is 2. The van der Waals surface area contributed by atoms with Crippen LogP contribution in [-0.2, 0) is 6.61 Å². The fraction of sp³-hybridized carbons (Fsp3) is 0.714. The van der Waals surface area contributed by atoms with Gasteiger partial charge in [0.1, 0.15) is 0 Å². The number of rotatable bonds is 2. The number of aliphatic hydroxyl groups excluding tert-OH is 1. The zero-order valence-electron chi connectivity index (χ0n) is 11.1. The van der Waals surface area contributed by atoms with Gasteiger partial charge in [0, 0.05) is 37.0 Å². The molecule has 0 amide bonds. The summed E-state index contributed by atoms with van der Waals surface area (Å²) in [4.78, 5) is 10.8. The lowest BCUT2D eigenvalue weighted by Gasteiger charge is -2.47. The van der Waals surface area contributed by atoms with Crippen LogP contribution in [0.2, 0.25) is 0 Å². The van der Waals surface area contributed by atoms with Gasteiger partial charge in [-0.25, -0.2) is 9.97 Å². The molecule has 2 N–H and O–H groups in total. The van der Waals surface area contributed by atoms with Gasteiger partial charge in [-0.2, -0.15) is 0 Å². The third kappa shape index (κ3) is 2.44. The summed E-state index contributed by atoms with van der Waals surface area (Å²) >= 11 is 0. The van der Waals surface area contributed by atoms with Crippen LogP contribution in [0.15, 0.2) is 12.4 Å². The fourth-order valence-corrected chi connectivity index (χ4v) is 3.35. The van der Waals surface area contributed by atoms with Crippen LogP contribution in [0.3, 0.4) is 0 Å². The lowest BCUT2D eigenvalue weighted by Crippen LogP contribution is -2.53. The van der Waals surface area contributed by atoms with E-state index in [9.17, 15) is 5.11 Å². The average molecular weight is 263 g/mol. The van der Waals surface area contributed by atoms with Gasteiger partial charge >= 0.3 is 0 Å². The summed E-state index contributed by atoms with van der Waals surface area (Å²) in [5.74, 6) is 1.06. The predicted molar refractivity (Wildman–Crippen MR) is 71.7 cm³/mol. The molecule has 5 nitrogen and oxygen atoms in total. The normalized spacial score (nSPS) is 31.1. The van der Waals surface area contributed by atoms with Crippen molar-refractivity contribution in [1.82, 2.24) is 9.97 Å². The molecule has 0 bridgehead atoms. The van der Waals surface area contributed by atoms with Gasteiger partial charge in [-0.3, -0.25) is 0 Å². The Hall–Kier alpha value is -1.20. The van der Waals surface area contributed by atoms with Crippen LogP contribution in [-0.4, -0.2) is 38.9 Å². The highest BCUT2D eigenvalue weighted by atomic mass is 16.3. The lowest BCUT2D eigenvalue weighted by molar-refractivity contribution is -0.0614. The van der Waals surface area contributed by atoms with Crippen LogP contribution >= 0.6 is 0 Å². The van der Waals surface area contributed by atoms with Crippen molar-refractivity contribution in [1.29, 1.82) is 0 Å². The van der Waals surface area contributed by atoms with Gasteiger partial charge in [-0.1, -0.05) is 12.8 Å². The van der Waals surface area contributed by atoms with E-state index in [1.807, 2.05) is 0 Å². The van der Waals surface area contributed by atoms with E-state index in [0.717, 1.165) is 44.3 Å². The van der Waals surface area contributed by atoms with Gasteiger partial charge in [0.05, 0.1) is 12.2 Å². The Morgan fingerprint density at radius 2 is 2.05 bits per heavy atom. The molecule has 0 radical (unpaired) electrons. The van der Waals surface area contributed by atoms with Gasteiger partial charge in [-0.15, -0.1) is 0 Å². The molecule has 2 unspecified atom stereocenters. The number of nitrogens with zero attached hydrogens (tertiary/aromatic N) is 3. The minimum atomic E-state index is -0.459. The number of fused-ring (bicyclic) bond motifs is 1. The molecule has 1 aromatic rings. The van der Waals surface area contributed by atoms with E-state index in [1.165, 1.54) is 6.42 Å². The molecular formula is C14H21N3O2. The van der Waals surface area contributed by atoms with Gasteiger partial charge in [0.25, 0.3) is 0 Å². The van der Waals surface area contributed by atoms with Gasteiger partial charge in [-0.05, 0) is 19.3 Å². The first kappa shape index (κ1) is 12.8. The minimum absolute atomic E-state index is 0.0251. The van der Waals surface area contributed by atoms with Crippen molar-refractivity contribution in [2.24, 2.45) is 5.92 Å². The molecule has 0 aromatic carbocycles.